The van der Waals surface area contributed by atoms with Crippen molar-refractivity contribution in [3.63, 3.8) is 0 Å². The molecule has 0 spiro atoms. The smallest absolute Gasteiger partial charge is 0.416 e. The number of aromatic nitrogens is 1. The molecule has 39 heavy (non-hydrogen) atoms. The van der Waals surface area contributed by atoms with Crippen LogP contribution in [0.5, 0.6) is 0 Å². The zero-order valence-corrected chi connectivity index (χ0v) is 21.9. The number of piperidine rings is 1. The van der Waals surface area contributed by atoms with E-state index in [1.165, 1.54) is 0 Å². The van der Waals surface area contributed by atoms with Crippen molar-refractivity contribution < 1.29 is 22.4 Å². The Morgan fingerprint density at radius 2 is 1.79 bits per heavy atom. The Morgan fingerprint density at radius 3 is 2.54 bits per heavy atom. The van der Waals surface area contributed by atoms with Gasteiger partial charge < -0.3 is 25.3 Å². The molecule has 2 fully saturated rings. The number of amides is 1. The largest absolute Gasteiger partial charge is 0.424 e. The van der Waals surface area contributed by atoms with Crippen LogP contribution >= 0.6 is 0 Å². The molecule has 3 atom stereocenters. The topological polar surface area (TPSA) is 82.4 Å². The maximum atomic E-state index is 13.0. The third-order valence-electron chi connectivity index (χ3n) is 7.65. The summed E-state index contributed by atoms with van der Waals surface area (Å²) < 4.78 is 44.9. The zero-order chi connectivity index (χ0) is 27.4. The molecule has 2 aliphatic rings. The molecule has 2 aromatic carbocycles. The monoisotopic (exact) mass is 541 g/mol. The fourth-order valence-corrected chi connectivity index (χ4v) is 5.61. The minimum Gasteiger partial charge on any atom is -0.424 e. The fourth-order valence-electron chi connectivity index (χ4n) is 5.61. The zero-order valence-electron chi connectivity index (χ0n) is 21.9. The molecule has 208 valence electrons. The van der Waals surface area contributed by atoms with Crippen LogP contribution in [0.4, 0.5) is 24.9 Å². The first-order chi connectivity index (χ1) is 18.8. The van der Waals surface area contributed by atoms with Crippen molar-refractivity contribution in [2.24, 2.45) is 0 Å². The van der Waals surface area contributed by atoms with E-state index in [-0.39, 0.29) is 24.0 Å². The lowest BCUT2D eigenvalue weighted by atomic mass is 9.89. The van der Waals surface area contributed by atoms with Gasteiger partial charge in [-0.05, 0) is 62.1 Å². The number of nitrogens with one attached hydrogen (secondary N) is 3. The van der Waals surface area contributed by atoms with Gasteiger partial charge in [-0.1, -0.05) is 25.0 Å². The Bertz CT molecular complexity index is 1260. The lowest BCUT2D eigenvalue weighted by molar-refractivity contribution is -0.137. The van der Waals surface area contributed by atoms with Crippen molar-refractivity contribution in [1.82, 2.24) is 15.6 Å². The number of carbonyl (C=O) groups excluding carboxylic acids is 1. The van der Waals surface area contributed by atoms with E-state index < -0.39 is 11.7 Å². The first-order valence-corrected chi connectivity index (χ1v) is 13.5. The van der Waals surface area contributed by atoms with E-state index in [0.717, 1.165) is 75.0 Å². The average Bonchev–Trinajstić information content (AvgIpc) is 3.42. The number of rotatable bonds is 7. The first-order valence-electron chi connectivity index (χ1n) is 13.5. The number of halogens is 3. The summed E-state index contributed by atoms with van der Waals surface area (Å²) in [6.45, 7) is 1.58. The summed E-state index contributed by atoms with van der Waals surface area (Å²) in [4.78, 5) is 18.6. The molecular formula is C29H34F3N5O2. The number of nitrogens with zero attached hydrogens (tertiary/aromatic N) is 2. The second kappa shape index (κ2) is 11.7. The van der Waals surface area contributed by atoms with Gasteiger partial charge in [0.25, 0.3) is 11.9 Å². The fraction of sp³-hybridized carbons (Fsp3) is 0.448. The normalized spacial score (nSPS) is 21.9. The van der Waals surface area contributed by atoms with E-state index in [9.17, 15) is 18.0 Å². The molecule has 1 saturated heterocycles. The van der Waals surface area contributed by atoms with E-state index in [1.807, 2.05) is 12.1 Å². The van der Waals surface area contributed by atoms with Crippen LogP contribution in [0.3, 0.4) is 0 Å². The van der Waals surface area contributed by atoms with Gasteiger partial charge in [-0.15, -0.1) is 0 Å². The van der Waals surface area contributed by atoms with Crippen LogP contribution in [0.2, 0.25) is 0 Å². The summed E-state index contributed by atoms with van der Waals surface area (Å²) in [7, 11) is 1.60. The molecule has 1 aromatic heterocycles. The van der Waals surface area contributed by atoms with Gasteiger partial charge in [0.05, 0.1) is 11.8 Å². The van der Waals surface area contributed by atoms with Crippen molar-refractivity contribution >= 4 is 17.6 Å². The van der Waals surface area contributed by atoms with E-state index in [4.69, 9.17) is 4.42 Å². The predicted molar refractivity (Wildman–Crippen MR) is 145 cm³/mol. The van der Waals surface area contributed by atoms with Crippen LogP contribution in [0.15, 0.2) is 59.1 Å². The van der Waals surface area contributed by atoms with Crippen molar-refractivity contribution in [1.29, 1.82) is 0 Å². The Morgan fingerprint density at radius 1 is 1.03 bits per heavy atom. The van der Waals surface area contributed by atoms with E-state index in [0.29, 0.717) is 17.3 Å². The number of benzene rings is 2. The number of anilines is 2. The number of carbonyl (C=O) groups is 1. The summed E-state index contributed by atoms with van der Waals surface area (Å²) >= 11 is 0. The number of hydrogen-bond acceptors (Lipinski definition) is 6. The molecule has 1 amide bonds. The number of oxazole rings is 1. The Labute approximate surface area is 226 Å². The molecule has 0 bridgehead atoms. The summed E-state index contributed by atoms with van der Waals surface area (Å²) in [5.41, 5.74) is 1.53. The van der Waals surface area contributed by atoms with Crippen molar-refractivity contribution in [2.45, 2.75) is 62.8 Å². The SMILES string of the molecule is CNC(=O)c1cccc(-c2cnc(NC3CCCCC3NC3CCCN(c4ccc(C(F)(F)F)cc4)C3)o2)c1. The molecule has 3 N–H and O–H groups in total. The van der Waals surface area contributed by atoms with Crippen molar-refractivity contribution in [2.75, 3.05) is 30.4 Å². The first kappa shape index (κ1) is 27.1. The summed E-state index contributed by atoms with van der Waals surface area (Å²) in [6, 6.07) is 13.7. The van der Waals surface area contributed by atoms with Gasteiger partial charge in [-0.25, -0.2) is 4.98 Å². The third-order valence-corrected chi connectivity index (χ3v) is 7.65. The number of hydrogen-bond donors (Lipinski definition) is 3. The highest BCUT2D eigenvalue weighted by Gasteiger charge is 2.32. The van der Waals surface area contributed by atoms with Gasteiger partial charge in [0.1, 0.15) is 0 Å². The van der Waals surface area contributed by atoms with E-state index >= 15 is 0 Å². The standard InChI is InChI=1S/C29H34F3N5O2/c1-33-27(38)20-7-4-6-19(16-20)26-17-34-28(39-26)36-25-10-3-2-9-24(25)35-22-8-5-15-37(18-22)23-13-11-21(12-14-23)29(30,31)32/h4,6-7,11-14,16-17,22,24-25,35H,2-3,5,8-10,15,18H2,1H3,(H,33,38)(H,34,36). The van der Waals surface area contributed by atoms with Gasteiger partial charge >= 0.3 is 6.18 Å². The molecule has 10 heteroatoms. The second-order valence-corrected chi connectivity index (χ2v) is 10.3. The molecule has 3 aromatic rings. The number of alkyl halides is 3. The summed E-state index contributed by atoms with van der Waals surface area (Å²) in [5, 5.41) is 9.94. The van der Waals surface area contributed by atoms with E-state index in [1.54, 1.807) is 37.5 Å². The van der Waals surface area contributed by atoms with Crippen molar-refractivity contribution in [3.8, 4) is 11.3 Å². The summed E-state index contributed by atoms with van der Waals surface area (Å²) in [6.07, 6.45) is 3.58. The van der Waals surface area contributed by atoms with Gasteiger partial charge in [0.2, 0.25) is 0 Å². The highest BCUT2D eigenvalue weighted by molar-refractivity contribution is 5.95. The summed E-state index contributed by atoms with van der Waals surface area (Å²) in [5.74, 6) is 0.425. The van der Waals surface area contributed by atoms with E-state index in [2.05, 4.69) is 25.8 Å². The van der Waals surface area contributed by atoms with Crippen LogP contribution in [0.1, 0.15) is 54.4 Å². The molecule has 3 unspecified atom stereocenters. The molecule has 5 rings (SSSR count). The van der Waals surface area contributed by atoms with Crippen LogP contribution in [-0.2, 0) is 6.18 Å². The molecule has 1 aliphatic carbocycles. The maximum Gasteiger partial charge on any atom is 0.416 e. The molecular weight excluding hydrogens is 507 g/mol. The molecule has 1 saturated carbocycles. The lowest BCUT2D eigenvalue weighted by Crippen LogP contribution is -2.54. The van der Waals surface area contributed by atoms with Crippen LogP contribution < -0.4 is 20.9 Å². The van der Waals surface area contributed by atoms with Gasteiger partial charge in [-0.3, -0.25) is 4.79 Å². The minimum atomic E-state index is -4.33. The van der Waals surface area contributed by atoms with Crippen LogP contribution in [0, 0.1) is 0 Å². The van der Waals surface area contributed by atoms with Gasteiger partial charge in [0.15, 0.2) is 5.76 Å². The molecule has 1 aliphatic heterocycles. The second-order valence-electron chi connectivity index (χ2n) is 10.3. The Hall–Kier alpha value is -3.53. The lowest BCUT2D eigenvalue weighted by Gasteiger charge is -2.40. The predicted octanol–water partition coefficient (Wildman–Crippen LogP) is 5.70. The highest BCUT2D eigenvalue weighted by Crippen LogP contribution is 2.32. The minimum absolute atomic E-state index is 0.142. The Balaban J connectivity index is 1.22. The van der Waals surface area contributed by atoms with Crippen molar-refractivity contribution in [3.05, 3.63) is 65.9 Å². The highest BCUT2D eigenvalue weighted by atomic mass is 19.4. The van der Waals surface area contributed by atoms with Crippen LogP contribution in [-0.4, -0.2) is 49.2 Å². The maximum absolute atomic E-state index is 13.0. The van der Waals surface area contributed by atoms with Gasteiger partial charge in [0, 0.05) is 55.1 Å². The quantitative estimate of drug-likeness (QED) is 0.356. The Kier molecular flexibility index (Phi) is 8.11. The molecule has 2 heterocycles. The average molecular weight is 542 g/mol. The molecule has 0 radical (unpaired) electrons. The molecule has 7 nitrogen and oxygen atoms in total. The van der Waals surface area contributed by atoms with Gasteiger partial charge in [-0.2, -0.15) is 13.2 Å². The van der Waals surface area contributed by atoms with Crippen LogP contribution in [0.25, 0.3) is 11.3 Å². The third kappa shape index (κ3) is 6.55.